The lowest BCUT2D eigenvalue weighted by atomic mass is 9.95. The van der Waals surface area contributed by atoms with Crippen LogP contribution in [0.4, 0.5) is 0 Å². The highest BCUT2D eigenvalue weighted by Crippen LogP contribution is 2.28. The van der Waals surface area contributed by atoms with Gasteiger partial charge in [0.1, 0.15) is 11.5 Å². The van der Waals surface area contributed by atoms with Gasteiger partial charge in [-0.15, -0.1) is 0 Å². The van der Waals surface area contributed by atoms with Crippen molar-refractivity contribution in [1.82, 2.24) is 15.1 Å². The van der Waals surface area contributed by atoms with E-state index >= 15 is 0 Å². The molecule has 1 aromatic rings. The smallest absolute Gasteiger partial charge is 0.124 e. The third kappa shape index (κ3) is 5.25. The van der Waals surface area contributed by atoms with Gasteiger partial charge < -0.3 is 20.0 Å². The van der Waals surface area contributed by atoms with Crippen molar-refractivity contribution in [2.24, 2.45) is 0 Å². The molecule has 1 unspecified atom stereocenters. The van der Waals surface area contributed by atoms with Crippen LogP contribution < -0.4 is 5.32 Å². The zero-order valence-corrected chi connectivity index (χ0v) is 14.8. The van der Waals surface area contributed by atoms with E-state index in [9.17, 15) is 10.2 Å². The Morgan fingerprint density at radius 2 is 1.50 bits per heavy atom. The van der Waals surface area contributed by atoms with Gasteiger partial charge in [-0.25, -0.2) is 0 Å². The van der Waals surface area contributed by atoms with Gasteiger partial charge >= 0.3 is 0 Å². The van der Waals surface area contributed by atoms with Crippen LogP contribution in [0.15, 0.2) is 12.1 Å². The van der Waals surface area contributed by atoms with Crippen molar-refractivity contribution in [3.05, 3.63) is 28.8 Å². The summed E-state index contributed by atoms with van der Waals surface area (Å²) in [5.74, 6) is 0.357. The van der Waals surface area contributed by atoms with Crippen LogP contribution in [-0.2, 0) is 19.5 Å². The Morgan fingerprint density at radius 3 is 1.82 bits per heavy atom. The molecule has 1 rings (SSSR count). The van der Waals surface area contributed by atoms with Gasteiger partial charge in [-0.3, -0.25) is 5.32 Å². The number of hydrogen-bond donors (Lipinski definition) is 3. The largest absolute Gasteiger partial charge is 0.507 e. The molecule has 1 atom stereocenters. The highest BCUT2D eigenvalue weighted by molar-refractivity contribution is 5.44. The zero-order valence-electron chi connectivity index (χ0n) is 14.8. The first-order valence-corrected chi connectivity index (χ1v) is 7.75. The average molecular weight is 309 g/mol. The number of aromatic hydroxyl groups is 1. The van der Waals surface area contributed by atoms with Crippen LogP contribution in [0.1, 0.15) is 30.0 Å². The summed E-state index contributed by atoms with van der Waals surface area (Å²) in [6.45, 7) is 3.30. The normalized spacial score (nSPS) is 14.6. The monoisotopic (exact) mass is 309 g/mol. The van der Waals surface area contributed by atoms with E-state index in [1.165, 1.54) is 0 Å². The summed E-state index contributed by atoms with van der Waals surface area (Å²) >= 11 is 0. The van der Waals surface area contributed by atoms with Crippen LogP contribution in [0, 0.1) is 0 Å². The lowest BCUT2D eigenvalue weighted by Gasteiger charge is -2.27. The maximum absolute atomic E-state index is 10.5. The fourth-order valence-electron chi connectivity index (χ4n) is 2.58. The molecule has 0 aliphatic carbocycles. The molecule has 0 aliphatic rings. The van der Waals surface area contributed by atoms with Gasteiger partial charge in [-0.1, -0.05) is 19.1 Å². The quantitative estimate of drug-likeness (QED) is 0.633. The van der Waals surface area contributed by atoms with E-state index in [1.807, 2.05) is 57.0 Å². The third-order valence-electron chi connectivity index (χ3n) is 3.85. The molecule has 22 heavy (non-hydrogen) atoms. The minimum Gasteiger partial charge on any atom is -0.507 e. The SMILES string of the molecule is CCC(O)(Cc1cc(CN(C)C)c(O)c(CN(C)C)c1)NC. The summed E-state index contributed by atoms with van der Waals surface area (Å²) in [5, 5.41) is 24.0. The maximum atomic E-state index is 10.5. The van der Waals surface area contributed by atoms with E-state index < -0.39 is 5.72 Å². The lowest BCUT2D eigenvalue weighted by Crippen LogP contribution is -2.44. The first-order valence-electron chi connectivity index (χ1n) is 7.75. The minimum absolute atomic E-state index is 0.357. The van der Waals surface area contributed by atoms with Gasteiger partial charge in [0, 0.05) is 30.6 Å². The number of rotatable bonds is 8. The number of phenolic OH excluding ortho intramolecular Hbond substituents is 1. The predicted molar refractivity (Wildman–Crippen MR) is 90.9 cm³/mol. The Morgan fingerprint density at radius 1 is 1.05 bits per heavy atom. The molecule has 5 nitrogen and oxygen atoms in total. The fraction of sp³-hybridized carbons (Fsp3) is 0.647. The number of aliphatic hydroxyl groups is 1. The van der Waals surface area contributed by atoms with E-state index in [-0.39, 0.29) is 0 Å². The molecule has 0 bridgehead atoms. The van der Waals surface area contributed by atoms with Gasteiger partial charge in [0.05, 0.1) is 0 Å². The van der Waals surface area contributed by atoms with Crippen LogP contribution in [0.5, 0.6) is 5.75 Å². The first kappa shape index (κ1) is 18.9. The second kappa shape index (κ2) is 7.92. The summed E-state index contributed by atoms with van der Waals surface area (Å²) in [4.78, 5) is 4.06. The maximum Gasteiger partial charge on any atom is 0.124 e. The van der Waals surface area contributed by atoms with Gasteiger partial charge in [-0.2, -0.15) is 0 Å². The van der Waals surface area contributed by atoms with Crippen molar-refractivity contribution in [2.75, 3.05) is 35.2 Å². The Labute approximate surface area is 134 Å². The molecule has 0 radical (unpaired) electrons. The molecule has 5 heteroatoms. The second-order valence-electron chi connectivity index (χ2n) is 6.55. The van der Waals surface area contributed by atoms with E-state index in [1.54, 1.807) is 7.05 Å². The van der Waals surface area contributed by atoms with Gasteiger partial charge in [0.2, 0.25) is 0 Å². The van der Waals surface area contributed by atoms with E-state index in [0.29, 0.717) is 31.7 Å². The Bertz CT molecular complexity index is 452. The average Bonchev–Trinajstić information content (AvgIpc) is 2.42. The van der Waals surface area contributed by atoms with Crippen LogP contribution in [0.25, 0.3) is 0 Å². The molecule has 0 aromatic heterocycles. The number of hydrogen-bond acceptors (Lipinski definition) is 5. The van der Waals surface area contributed by atoms with Crippen LogP contribution in [-0.4, -0.2) is 61.0 Å². The molecule has 0 saturated heterocycles. The number of nitrogens with one attached hydrogen (secondary N) is 1. The topological polar surface area (TPSA) is 59.0 Å². The summed E-state index contributed by atoms with van der Waals surface area (Å²) in [6, 6.07) is 3.99. The fourth-order valence-corrected chi connectivity index (χ4v) is 2.58. The molecule has 0 aliphatic heterocycles. The van der Waals surface area contributed by atoms with Crippen molar-refractivity contribution >= 4 is 0 Å². The van der Waals surface area contributed by atoms with E-state index in [4.69, 9.17) is 0 Å². The van der Waals surface area contributed by atoms with Crippen molar-refractivity contribution in [3.8, 4) is 5.75 Å². The molecular weight excluding hydrogens is 278 g/mol. The summed E-state index contributed by atoms with van der Waals surface area (Å²) < 4.78 is 0. The Kier molecular flexibility index (Phi) is 6.81. The Hall–Kier alpha value is -1.14. The number of benzene rings is 1. The summed E-state index contributed by atoms with van der Waals surface area (Å²) in [6.07, 6.45) is 1.14. The molecule has 0 spiro atoms. The predicted octanol–water partition coefficient (Wildman–Crippen LogP) is 1.38. The standard InChI is InChI=1S/C17H31N3O2/c1-7-17(22,18-2)10-13-8-14(11-19(3)4)16(21)15(9-13)12-20(5)6/h8-9,18,21-22H,7,10-12H2,1-6H3. The lowest BCUT2D eigenvalue weighted by molar-refractivity contribution is 0.00927. The highest BCUT2D eigenvalue weighted by Gasteiger charge is 2.23. The summed E-state index contributed by atoms with van der Waals surface area (Å²) in [5.41, 5.74) is 1.91. The molecule has 126 valence electrons. The summed E-state index contributed by atoms with van der Waals surface area (Å²) in [7, 11) is 9.69. The van der Waals surface area contributed by atoms with Crippen LogP contribution in [0.3, 0.4) is 0 Å². The van der Waals surface area contributed by atoms with Crippen LogP contribution >= 0.6 is 0 Å². The first-order chi connectivity index (χ1) is 10.2. The minimum atomic E-state index is -0.915. The number of likely N-dealkylation sites (N-methyl/N-ethyl adjacent to an activating group) is 1. The van der Waals surface area contributed by atoms with Crippen LogP contribution in [0.2, 0.25) is 0 Å². The molecule has 0 fully saturated rings. The van der Waals surface area contributed by atoms with E-state index in [0.717, 1.165) is 16.7 Å². The zero-order chi connectivity index (χ0) is 16.9. The van der Waals surface area contributed by atoms with Gasteiger partial charge in [0.15, 0.2) is 0 Å². The molecular formula is C17H31N3O2. The van der Waals surface area contributed by atoms with Crippen molar-refractivity contribution in [2.45, 2.75) is 38.6 Å². The third-order valence-corrected chi connectivity index (χ3v) is 3.85. The second-order valence-corrected chi connectivity index (χ2v) is 6.55. The Balaban J connectivity index is 3.21. The van der Waals surface area contributed by atoms with Crippen molar-refractivity contribution in [1.29, 1.82) is 0 Å². The molecule has 0 saturated carbocycles. The molecule has 1 aromatic carbocycles. The number of nitrogens with zero attached hydrogens (tertiary/aromatic N) is 2. The van der Waals surface area contributed by atoms with Crippen molar-refractivity contribution in [3.63, 3.8) is 0 Å². The molecule has 3 N–H and O–H groups in total. The molecule has 0 heterocycles. The van der Waals surface area contributed by atoms with Gasteiger partial charge in [-0.05, 0) is 47.2 Å². The molecule has 0 amide bonds. The van der Waals surface area contributed by atoms with E-state index in [2.05, 4.69) is 5.32 Å². The number of phenols is 1. The van der Waals surface area contributed by atoms with Gasteiger partial charge in [0.25, 0.3) is 0 Å². The van der Waals surface area contributed by atoms with Crippen molar-refractivity contribution < 1.29 is 10.2 Å². The highest BCUT2D eigenvalue weighted by atomic mass is 16.3.